The van der Waals surface area contributed by atoms with E-state index in [-0.39, 0.29) is 16.2 Å². The van der Waals surface area contributed by atoms with E-state index in [1.54, 1.807) is 24.3 Å². The van der Waals surface area contributed by atoms with Crippen molar-refractivity contribution in [2.75, 3.05) is 7.11 Å². The molecule has 3 aliphatic rings. The van der Waals surface area contributed by atoms with E-state index < -0.39 is 8.32 Å². The van der Waals surface area contributed by atoms with Crippen molar-refractivity contribution in [2.24, 2.45) is 11.3 Å². The number of phenolic OH excluding ortho intramolecular Hbond substituents is 1. The monoisotopic (exact) mass is 428 g/mol. The van der Waals surface area contributed by atoms with Crippen LogP contribution in [0.4, 0.5) is 0 Å². The van der Waals surface area contributed by atoms with Gasteiger partial charge in [-0.2, -0.15) is 0 Å². The van der Waals surface area contributed by atoms with Crippen LogP contribution >= 0.6 is 0 Å². The zero-order valence-corrected chi connectivity index (χ0v) is 21.0. The molecule has 3 aliphatic carbocycles. The number of fused-ring (bicyclic) bond motifs is 3. The van der Waals surface area contributed by atoms with Gasteiger partial charge in [0.2, 0.25) is 0 Å². The molecule has 0 spiro atoms. The Morgan fingerprint density at radius 2 is 1.83 bits per heavy atom. The lowest BCUT2D eigenvalue weighted by Crippen LogP contribution is -2.48. The summed E-state index contributed by atoms with van der Waals surface area (Å²) in [6.45, 7) is 14.4. The van der Waals surface area contributed by atoms with Gasteiger partial charge in [0.15, 0.2) is 19.8 Å². The minimum absolute atomic E-state index is 0.253. The van der Waals surface area contributed by atoms with Gasteiger partial charge >= 0.3 is 0 Å². The van der Waals surface area contributed by atoms with Crippen molar-refractivity contribution >= 4 is 8.32 Å². The maximum absolute atomic E-state index is 10.3. The van der Waals surface area contributed by atoms with E-state index in [9.17, 15) is 5.11 Å². The van der Waals surface area contributed by atoms with E-state index >= 15 is 0 Å². The van der Waals surface area contributed by atoms with Crippen LogP contribution in [0.3, 0.4) is 0 Å². The molecule has 1 saturated carbocycles. The number of phenols is 1. The van der Waals surface area contributed by atoms with Gasteiger partial charge in [-0.25, -0.2) is 0 Å². The Bertz CT molecular complexity index is 864. The molecule has 166 valence electrons. The zero-order chi connectivity index (χ0) is 21.9. The lowest BCUT2D eigenvalue weighted by molar-refractivity contribution is 0.0439. The van der Waals surface area contributed by atoms with Gasteiger partial charge in [-0.1, -0.05) is 44.9 Å². The fraction of sp³-hybridized carbons (Fsp3) is 0.692. The Hall–Kier alpha value is -1.26. The Morgan fingerprint density at radius 3 is 2.50 bits per heavy atom. The van der Waals surface area contributed by atoms with Gasteiger partial charge < -0.3 is 14.3 Å². The molecule has 0 aromatic heterocycles. The topological polar surface area (TPSA) is 38.7 Å². The third-order valence-corrected chi connectivity index (χ3v) is 13.4. The quantitative estimate of drug-likeness (QED) is 0.426. The molecule has 3 nitrogen and oxygen atoms in total. The van der Waals surface area contributed by atoms with Crippen LogP contribution in [-0.2, 0) is 17.3 Å². The average molecular weight is 429 g/mol. The van der Waals surface area contributed by atoms with Crippen molar-refractivity contribution in [1.29, 1.82) is 0 Å². The molecule has 1 aromatic rings. The number of hydrogen-bond donors (Lipinski definition) is 1. The van der Waals surface area contributed by atoms with E-state index in [2.05, 4.69) is 46.9 Å². The number of ether oxygens (including phenoxy) is 1. The molecular weight excluding hydrogens is 388 g/mol. The maximum atomic E-state index is 10.3. The molecule has 0 aliphatic heterocycles. The first-order valence-electron chi connectivity index (χ1n) is 11.7. The van der Waals surface area contributed by atoms with Gasteiger partial charge in [0.25, 0.3) is 0 Å². The average Bonchev–Trinajstić information content (AvgIpc) is 2.86. The molecule has 4 heteroatoms. The van der Waals surface area contributed by atoms with Crippen LogP contribution in [0.2, 0.25) is 18.1 Å². The second-order valence-electron chi connectivity index (χ2n) is 11.6. The summed E-state index contributed by atoms with van der Waals surface area (Å²) in [7, 11) is -0.104. The predicted octanol–water partition coefficient (Wildman–Crippen LogP) is 6.79. The van der Waals surface area contributed by atoms with Crippen LogP contribution in [0.25, 0.3) is 0 Å². The SMILES string of the molecule is COc1c(O)ccc2c1CC1=C(CC2)[C@@H]2CC[C@H](O[Si](C)(C)C(C)(C)C)[C@@]2(C)CC1. The van der Waals surface area contributed by atoms with Crippen molar-refractivity contribution in [1.82, 2.24) is 0 Å². The summed E-state index contributed by atoms with van der Waals surface area (Å²) in [5.41, 5.74) is 6.11. The lowest BCUT2D eigenvalue weighted by Gasteiger charge is -2.47. The first-order valence-corrected chi connectivity index (χ1v) is 14.6. The molecule has 0 heterocycles. The van der Waals surface area contributed by atoms with Crippen molar-refractivity contribution < 1.29 is 14.3 Å². The third-order valence-electron chi connectivity index (χ3n) is 8.93. The van der Waals surface area contributed by atoms with Crippen LogP contribution in [-0.4, -0.2) is 26.6 Å². The number of aryl methyl sites for hydroxylation is 1. The minimum Gasteiger partial charge on any atom is -0.504 e. The van der Waals surface area contributed by atoms with Gasteiger partial charge in [0.1, 0.15) is 0 Å². The summed E-state index contributed by atoms with van der Waals surface area (Å²) in [6, 6.07) is 3.90. The molecule has 1 N–H and O–H groups in total. The number of rotatable bonds is 3. The fourth-order valence-electron chi connectivity index (χ4n) is 6.01. The van der Waals surface area contributed by atoms with Gasteiger partial charge in [0.05, 0.1) is 13.2 Å². The Kier molecular flexibility index (Phi) is 5.42. The van der Waals surface area contributed by atoms with Crippen molar-refractivity contribution in [2.45, 2.75) is 96.9 Å². The van der Waals surface area contributed by atoms with E-state index in [0.29, 0.717) is 17.8 Å². The van der Waals surface area contributed by atoms with Gasteiger partial charge in [-0.3, -0.25) is 0 Å². The Balaban J connectivity index is 1.63. The van der Waals surface area contributed by atoms with Crippen molar-refractivity contribution in [3.8, 4) is 11.5 Å². The molecule has 0 radical (unpaired) electrons. The highest BCUT2D eigenvalue weighted by molar-refractivity contribution is 6.74. The molecule has 1 fully saturated rings. The van der Waals surface area contributed by atoms with E-state index in [4.69, 9.17) is 9.16 Å². The molecule has 0 saturated heterocycles. The summed E-state index contributed by atoms with van der Waals surface area (Å²) in [4.78, 5) is 0. The second kappa shape index (κ2) is 7.41. The highest BCUT2D eigenvalue weighted by atomic mass is 28.4. The highest BCUT2D eigenvalue weighted by Gasteiger charge is 2.53. The van der Waals surface area contributed by atoms with Crippen LogP contribution in [0.15, 0.2) is 23.3 Å². The van der Waals surface area contributed by atoms with Crippen LogP contribution in [0, 0.1) is 11.3 Å². The Morgan fingerprint density at radius 1 is 1.10 bits per heavy atom. The zero-order valence-electron chi connectivity index (χ0n) is 20.0. The van der Waals surface area contributed by atoms with Crippen LogP contribution in [0.1, 0.15) is 70.9 Å². The lowest BCUT2D eigenvalue weighted by atomic mass is 9.65. The largest absolute Gasteiger partial charge is 0.504 e. The Labute approximate surface area is 184 Å². The molecule has 0 bridgehead atoms. The second-order valence-corrected chi connectivity index (χ2v) is 16.3. The van der Waals surface area contributed by atoms with Gasteiger partial charge in [-0.15, -0.1) is 0 Å². The molecule has 0 unspecified atom stereocenters. The fourth-order valence-corrected chi connectivity index (χ4v) is 7.46. The number of aromatic hydroxyl groups is 1. The van der Waals surface area contributed by atoms with Gasteiger partial charge in [0, 0.05) is 5.56 Å². The summed E-state index contributed by atoms with van der Waals surface area (Å²) in [5, 5.41) is 10.6. The minimum atomic E-state index is -1.78. The van der Waals surface area contributed by atoms with Gasteiger partial charge in [-0.05, 0) is 86.0 Å². The smallest absolute Gasteiger partial charge is 0.192 e. The number of methoxy groups -OCH3 is 1. The first-order chi connectivity index (χ1) is 14.0. The summed E-state index contributed by atoms with van der Waals surface area (Å²) < 4.78 is 12.6. The molecule has 4 rings (SSSR count). The van der Waals surface area contributed by atoms with Crippen molar-refractivity contribution in [3.05, 3.63) is 34.4 Å². The summed E-state index contributed by atoms with van der Waals surface area (Å²) >= 11 is 0. The van der Waals surface area contributed by atoms with Crippen LogP contribution < -0.4 is 4.74 Å². The van der Waals surface area contributed by atoms with Crippen molar-refractivity contribution in [3.63, 3.8) is 0 Å². The predicted molar refractivity (Wildman–Crippen MR) is 126 cm³/mol. The molecule has 30 heavy (non-hydrogen) atoms. The van der Waals surface area contributed by atoms with Crippen LogP contribution in [0.5, 0.6) is 11.5 Å². The maximum Gasteiger partial charge on any atom is 0.192 e. The molecule has 3 atom stereocenters. The first kappa shape index (κ1) is 21.9. The third kappa shape index (κ3) is 3.44. The highest BCUT2D eigenvalue weighted by Crippen LogP contribution is 2.58. The van der Waals surface area contributed by atoms with E-state index in [0.717, 1.165) is 25.7 Å². The number of allylic oxidation sites excluding steroid dienone is 2. The standard InChI is InChI=1S/C26H40O3Si/c1-25(2,3)30(6,7)29-23-13-11-21-19-10-8-17-9-12-22(27)24(28-5)20(17)16-18(19)14-15-26(21,23)4/h9,12,21,23,27H,8,10-11,13-16H2,1-7H3/t21-,23-,26-/m0/s1. The molecule has 0 amide bonds. The van der Waals surface area contributed by atoms with E-state index in [1.165, 1.54) is 30.4 Å². The molecular formula is C26H40O3Si. The van der Waals surface area contributed by atoms with E-state index in [1.807, 2.05) is 0 Å². The number of hydrogen-bond acceptors (Lipinski definition) is 3. The molecule has 1 aromatic carbocycles. The normalized spacial score (nSPS) is 29.2. The summed E-state index contributed by atoms with van der Waals surface area (Å²) in [5.74, 6) is 1.59. The summed E-state index contributed by atoms with van der Waals surface area (Å²) in [6.07, 6.45) is 8.33. The number of benzene rings is 1.